The van der Waals surface area contributed by atoms with Gasteiger partial charge in [-0.15, -0.1) is 11.3 Å². The first-order valence-electron chi connectivity index (χ1n) is 6.32. The summed E-state index contributed by atoms with van der Waals surface area (Å²) in [6.07, 6.45) is 1.40. The predicted octanol–water partition coefficient (Wildman–Crippen LogP) is 2.47. The van der Waals surface area contributed by atoms with E-state index in [1.165, 1.54) is 12.3 Å². The fourth-order valence-corrected chi connectivity index (χ4v) is 2.55. The van der Waals surface area contributed by atoms with E-state index in [2.05, 4.69) is 10.3 Å². The molecule has 3 amide bonds. The quantitative estimate of drug-likeness (QED) is 0.909. The molecule has 0 aromatic carbocycles. The number of hydrogen-bond acceptors (Lipinski definition) is 4. The second-order valence-electron chi connectivity index (χ2n) is 4.53. The van der Waals surface area contributed by atoms with Crippen LogP contribution in [0.3, 0.4) is 0 Å². The minimum absolute atomic E-state index is 0.0251. The summed E-state index contributed by atoms with van der Waals surface area (Å²) < 4.78 is 0. The van der Waals surface area contributed by atoms with E-state index < -0.39 is 5.91 Å². The summed E-state index contributed by atoms with van der Waals surface area (Å²) >= 11 is 1.60. The van der Waals surface area contributed by atoms with E-state index in [0.717, 1.165) is 4.88 Å². The summed E-state index contributed by atoms with van der Waals surface area (Å²) in [6.45, 7) is 1.96. The van der Waals surface area contributed by atoms with Crippen molar-refractivity contribution in [2.75, 3.05) is 12.4 Å². The monoisotopic (exact) mass is 304 g/mol. The van der Waals surface area contributed by atoms with Crippen LogP contribution < -0.4 is 11.1 Å². The van der Waals surface area contributed by atoms with Crippen LogP contribution in [-0.4, -0.2) is 28.9 Å². The highest BCUT2D eigenvalue weighted by molar-refractivity contribution is 7.10. The molecule has 2 aromatic heterocycles. The lowest BCUT2D eigenvalue weighted by Gasteiger charge is -2.24. The molecular formula is C14H16N4O2S. The van der Waals surface area contributed by atoms with Gasteiger partial charge in [-0.2, -0.15) is 0 Å². The molecule has 0 fully saturated rings. The summed E-state index contributed by atoms with van der Waals surface area (Å²) in [7, 11) is 1.73. The molecule has 2 aromatic rings. The third-order valence-electron chi connectivity index (χ3n) is 3.12. The summed E-state index contributed by atoms with van der Waals surface area (Å²) in [5.74, 6) is -0.601. The number of thiophene rings is 1. The molecule has 1 atom stereocenters. The van der Waals surface area contributed by atoms with Crippen molar-refractivity contribution in [3.8, 4) is 0 Å². The number of pyridine rings is 1. The molecule has 7 heteroatoms. The second kappa shape index (κ2) is 6.36. The van der Waals surface area contributed by atoms with Crippen molar-refractivity contribution in [2.24, 2.45) is 5.73 Å². The number of nitrogens with two attached hydrogens (primary N) is 1. The summed E-state index contributed by atoms with van der Waals surface area (Å²) in [5, 5.41) is 4.70. The molecule has 0 aliphatic heterocycles. The summed E-state index contributed by atoms with van der Waals surface area (Å²) in [5.41, 5.74) is 5.78. The first-order valence-corrected chi connectivity index (χ1v) is 7.20. The third kappa shape index (κ3) is 3.57. The Morgan fingerprint density at radius 3 is 2.67 bits per heavy atom. The predicted molar refractivity (Wildman–Crippen MR) is 82.3 cm³/mol. The third-order valence-corrected chi connectivity index (χ3v) is 4.17. The molecule has 0 unspecified atom stereocenters. The van der Waals surface area contributed by atoms with Crippen LogP contribution >= 0.6 is 11.3 Å². The number of nitrogens with one attached hydrogen (secondary N) is 1. The average molecular weight is 304 g/mol. The Hall–Kier alpha value is -2.41. The maximum Gasteiger partial charge on any atom is 0.322 e. The van der Waals surface area contributed by atoms with Gasteiger partial charge in [0.25, 0.3) is 5.91 Å². The van der Waals surface area contributed by atoms with E-state index in [1.54, 1.807) is 29.4 Å². The van der Waals surface area contributed by atoms with E-state index in [4.69, 9.17) is 5.73 Å². The number of rotatable bonds is 4. The summed E-state index contributed by atoms with van der Waals surface area (Å²) in [4.78, 5) is 29.7. The van der Waals surface area contributed by atoms with Crippen molar-refractivity contribution in [1.82, 2.24) is 9.88 Å². The lowest BCUT2D eigenvalue weighted by Crippen LogP contribution is -2.33. The number of carbonyl (C=O) groups is 2. The highest BCUT2D eigenvalue weighted by Crippen LogP contribution is 2.23. The smallest absolute Gasteiger partial charge is 0.322 e. The van der Waals surface area contributed by atoms with Gasteiger partial charge in [0.1, 0.15) is 5.69 Å². The topological polar surface area (TPSA) is 88.3 Å². The van der Waals surface area contributed by atoms with Gasteiger partial charge in [0.05, 0.1) is 17.9 Å². The Morgan fingerprint density at radius 2 is 2.14 bits per heavy atom. The molecule has 3 N–H and O–H groups in total. The largest absolute Gasteiger partial charge is 0.364 e. The standard InChI is InChI=1S/C14H16N4O2S/c1-9(12-4-3-7-21-12)18(2)14(20)17-10-5-6-11(13(15)19)16-8-10/h3-9H,1-2H3,(H2,15,19)(H,17,20)/t9-/m0/s1. The zero-order valence-electron chi connectivity index (χ0n) is 11.7. The van der Waals surface area contributed by atoms with Gasteiger partial charge in [0.2, 0.25) is 0 Å². The number of carbonyl (C=O) groups excluding carboxylic acids is 2. The minimum Gasteiger partial charge on any atom is -0.364 e. The van der Waals surface area contributed by atoms with Gasteiger partial charge >= 0.3 is 6.03 Å². The fraction of sp³-hybridized carbons (Fsp3) is 0.214. The van der Waals surface area contributed by atoms with Crippen molar-refractivity contribution < 1.29 is 9.59 Å². The van der Waals surface area contributed by atoms with Crippen LogP contribution in [0.1, 0.15) is 28.3 Å². The lowest BCUT2D eigenvalue weighted by molar-refractivity contribution is 0.0995. The zero-order chi connectivity index (χ0) is 15.4. The lowest BCUT2D eigenvalue weighted by atomic mass is 10.2. The van der Waals surface area contributed by atoms with Gasteiger partial charge in [0, 0.05) is 11.9 Å². The molecule has 0 spiro atoms. The second-order valence-corrected chi connectivity index (χ2v) is 5.51. The van der Waals surface area contributed by atoms with E-state index >= 15 is 0 Å². The van der Waals surface area contributed by atoms with Crippen LogP contribution in [0.4, 0.5) is 10.5 Å². The van der Waals surface area contributed by atoms with Crippen molar-refractivity contribution >= 4 is 29.0 Å². The van der Waals surface area contributed by atoms with E-state index in [-0.39, 0.29) is 17.8 Å². The Kier molecular flexibility index (Phi) is 4.54. The van der Waals surface area contributed by atoms with Crippen LogP contribution in [-0.2, 0) is 0 Å². The van der Waals surface area contributed by atoms with E-state index in [1.807, 2.05) is 24.4 Å². The number of nitrogens with zero attached hydrogens (tertiary/aromatic N) is 2. The highest BCUT2D eigenvalue weighted by Gasteiger charge is 2.18. The molecule has 2 rings (SSSR count). The van der Waals surface area contributed by atoms with Gasteiger partial charge in [0.15, 0.2) is 0 Å². The number of aromatic nitrogens is 1. The molecule has 21 heavy (non-hydrogen) atoms. The molecule has 0 bridgehead atoms. The molecule has 0 aliphatic rings. The van der Waals surface area contributed by atoms with Crippen LogP contribution in [0, 0.1) is 0 Å². The number of amides is 3. The Labute approximate surface area is 126 Å². The maximum atomic E-state index is 12.2. The van der Waals surface area contributed by atoms with Crippen LogP contribution in [0.2, 0.25) is 0 Å². The number of primary amides is 1. The van der Waals surface area contributed by atoms with Crippen LogP contribution in [0.5, 0.6) is 0 Å². The van der Waals surface area contributed by atoms with Crippen molar-refractivity contribution in [1.29, 1.82) is 0 Å². The first kappa shape index (κ1) is 15.0. The minimum atomic E-state index is -0.601. The number of urea groups is 1. The Morgan fingerprint density at radius 1 is 1.38 bits per heavy atom. The SMILES string of the molecule is C[C@@H](c1cccs1)N(C)C(=O)Nc1ccc(C(N)=O)nc1. The van der Waals surface area contributed by atoms with E-state index in [0.29, 0.717) is 5.69 Å². The Bertz CT molecular complexity index is 625. The average Bonchev–Trinajstić information content (AvgIpc) is 3.00. The van der Waals surface area contributed by atoms with Gasteiger partial charge in [-0.3, -0.25) is 4.79 Å². The first-order chi connectivity index (χ1) is 9.99. The highest BCUT2D eigenvalue weighted by atomic mass is 32.1. The molecule has 0 saturated carbocycles. The van der Waals surface area contributed by atoms with E-state index in [9.17, 15) is 9.59 Å². The molecule has 6 nitrogen and oxygen atoms in total. The van der Waals surface area contributed by atoms with Gasteiger partial charge < -0.3 is 16.0 Å². The van der Waals surface area contributed by atoms with Crippen molar-refractivity contribution in [3.05, 3.63) is 46.4 Å². The van der Waals surface area contributed by atoms with Crippen molar-refractivity contribution in [2.45, 2.75) is 13.0 Å². The van der Waals surface area contributed by atoms with Gasteiger partial charge in [-0.25, -0.2) is 9.78 Å². The molecular weight excluding hydrogens is 288 g/mol. The molecule has 110 valence electrons. The van der Waals surface area contributed by atoms with Gasteiger partial charge in [-0.05, 0) is 30.5 Å². The van der Waals surface area contributed by atoms with Crippen LogP contribution in [0.25, 0.3) is 0 Å². The molecule has 2 heterocycles. The molecule has 0 saturated heterocycles. The molecule has 0 aliphatic carbocycles. The number of anilines is 1. The Balaban J connectivity index is 2.02. The van der Waals surface area contributed by atoms with Crippen LogP contribution in [0.15, 0.2) is 35.8 Å². The normalized spacial score (nSPS) is 11.7. The molecule has 0 radical (unpaired) electrons. The fourth-order valence-electron chi connectivity index (χ4n) is 1.72. The van der Waals surface area contributed by atoms with Gasteiger partial charge in [-0.1, -0.05) is 6.07 Å². The maximum absolute atomic E-state index is 12.2. The summed E-state index contributed by atoms with van der Waals surface area (Å²) in [6, 6.07) is 6.74. The number of hydrogen-bond donors (Lipinski definition) is 2. The van der Waals surface area contributed by atoms with Crippen molar-refractivity contribution in [3.63, 3.8) is 0 Å². The zero-order valence-corrected chi connectivity index (χ0v) is 12.6.